The molecule has 1 atom stereocenters. The number of hydrogen-bond donors (Lipinski definition) is 0. The van der Waals surface area contributed by atoms with Gasteiger partial charge in [-0.3, -0.25) is 24.3 Å². The zero-order valence-electron chi connectivity index (χ0n) is 15.4. The molecule has 28 heavy (non-hydrogen) atoms. The largest absolute Gasteiger partial charge is 0.376 e. The fraction of sp³-hybridized carbons (Fsp3) is 0.333. The Bertz CT molecular complexity index is 859. The quantitative estimate of drug-likeness (QED) is 0.716. The molecular weight excluding hydrogens is 358 g/mol. The second kappa shape index (κ2) is 7.90. The third-order valence-corrected chi connectivity index (χ3v) is 5.05. The minimum Gasteiger partial charge on any atom is -0.376 e. The van der Waals surface area contributed by atoms with Gasteiger partial charge >= 0.3 is 0 Å². The molecule has 7 heteroatoms. The summed E-state index contributed by atoms with van der Waals surface area (Å²) in [6, 6.07) is 12.2. The molecule has 7 nitrogen and oxygen atoms in total. The summed E-state index contributed by atoms with van der Waals surface area (Å²) < 4.78 is 5.67. The number of aromatic nitrogens is 1. The van der Waals surface area contributed by atoms with Gasteiger partial charge in [0.1, 0.15) is 6.54 Å². The molecule has 2 aliphatic rings. The molecule has 3 amide bonds. The van der Waals surface area contributed by atoms with Gasteiger partial charge in [0.25, 0.3) is 11.8 Å². The van der Waals surface area contributed by atoms with E-state index in [1.54, 1.807) is 35.4 Å². The Balaban J connectivity index is 1.50. The van der Waals surface area contributed by atoms with Crippen LogP contribution in [0, 0.1) is 0 Å². The highest BCUT2D eigenvalue weighted by Crippen LogP contribution is 2.23. The van der Waals surface area contributed by atoms with Gasteiger partial charge in [0.15, 0.2) is 0 Å². The van der Waals surface area contributed by atoms with Crippen LogP contribution in [0.1, 0.15) is 39.3 Å². The predicted molar refractivity (Wildman–Crippen MR) is 100 cm³/mol. The van der Waals surface area contributed by atoms with E-state index in [0.717, 1.165) is 23.4 Å². The van der Waals surface area contributed by atoms with E-state index < -0.39 is 11.8 Å². The summed E-state index contributed by atoms with van der Waals surface area (Å²) in [6.45, 7) is 1.13. The van der Waals surface area contributed by atoms with Gasteiger partial charge in [0, 0.05) is 19.3 Å². The highest BCUT2D eigenvalue weighted by Gasteiger charge is 2.37. The molecule has 3 heterocycles. The summed E-state index contributed by atoms with van der Waals surface area (Å²) in [7, 11) is 0. The Hall–Kier alpha value is -3.06. The van der Waals surface area contributed by atoms with Crippen LogP contribution in [0.25, 0.3) is 0 Å². The third kappa shape index (κ3) is 3.66. The highest BCUT2D eigenvalue weighted by atomic mass is 16.5. The topological polar surface area (TPSA) is 79.8 Å². The molecule has 0 radical (unpaired) electrons. The lowest BCUT2D eigenvalue weighted by Crippen LogP contribution is -2.45. The Morgan fingerprint density at radius 1 is 1.11 bits per heavy atom. The normalized spacial score (nSPS) is 18.4. The number of carbonyl (C=O) groups is 3. The van der Waals surface area contributed by atoms with Crippen molar-refractivity contribution in [1.82, 2.24) is 14.8 Å². The van der Waals surface area contributed by atoms with Crippen molar-refractivity contribution >= 4 is 17.7 Å². The van der Waals surface area contributed by atoms with Crippen molar-refractivity contribution in [3.63, 3.8) is 0 Å². The molecule has 4 rings (SSSR count). The molecule has 1 aromatic carbocycles. The molecule has 1 saturated heterocycles. The van der Waals surface area contributed by atoms with E-state index in [4.69, 9.17) is 4.74 Å². The first-order valence-electron chi connectivity index (χ1n) is 9.38. The van der Waals surface area contributed by atoms with E-state index >= 15 is 0 Å². The molecule has 0 N–H and O–H groups in total. The van der Waals surface area contributed by atoms with Gasteiger partial charge in [0.05, 0.1) is 29.5 Å². The van der Waals surface area contributed by atoms with Crippen LogP contribution in [0.4, 0.5) is 0 Å². The molecular formula is C21H21N3O4. The van der Waals surface area contributed by atoms with Crippen LogP contribution in [0.3, 0.4) is 0 Å². The first-order chi connectivity index (χ1) is 13.6. The fourth-order valence-electron chi connectivity index (χ4n) is 3.59. The maximum Gasteiger partial charge on any atom is 0.262 e. The van der Waals surface area contributed by atoms with Crippen LogP contribution in [0.2, 0.25) is 0 Å². The number of ether oxygens (including phenoxy) is 1. The van der Waals surface area contributed by atoms with E-state index in [9.17, 15) is 14.4 Å². The van der Waals surface area contributed by atoms with Gasteiger partial charge in [0.2, 0.25) is 5.91 Å². The minimum absolute atomic E-state index is 0.0326. The van der Waals surface area contributed by atoms with E-state index in [1.807, 2.05) is 18.2 Å². The summed E-state index contributed by atoms with van der Waals surface area (Å²) in [5.74, 6) is -1.15. The second-order valence-corrected chi connectivity index (χ2v) is 6.97. The first kappa shape index (κ1) is 18.3. The number of fused-ring (bicyclic) bond motifs is 1. The average molecular weight is 379 g/mol. The lowest BCUT2D eigenvalue weighted by molar-refractivity contribution is -0.133. The number of amides is 3. The molecule has 2 aromatic rings. The summed E-state index contributed by atoms with van der Waals surface area (Å²) in [5.41, 5.74) is 1.43. The van der Waals surface area contributed by atoms with Gasteiger partial charge in [-0.15, -0.1) is 0 Å². The molecule has 0 bridgehead atoms. The van der Waals surface area contributed by atoms with Crippen molar-refractivity contribution in [3.05, 3.63) is 65.5 Å². The number of pyridine rings is 1. The Morgan fingerprint density at radius 2 is 1.82 bits per heavy atom. The molecule has 0 spiro atoms. The smallest absolute Gasteiger partial charge is 0.262 e. The lowest BCUT2D eigenvalue weighted by Gasteiger charge is -2.27. The van der Waals surface area contributed by atoms with E-state index in [-0.39, 0.29) is 18.6 Å². The zero-order valence-corrected chi connectivity index (χ0v) is 15.4. The molecule has 0 saturated carbocycles. The monoisotopic (exact) mass is 379 g/mol. The summed E-state index contributed by atoms with van der Waals surface area (Å²) in [4.78, 5) is 45.1. The van der Waals surface area contributed by atoms with Crippen molar-refractivity contribution in [2.75, 3.05) is 19.7 Å². The SMILES string of the molecule is O=C(CN1C(=O)c2ccccc2C1=O)N(Cc1ccccn1)C[C@@H]1CCCO1. The van der Waals surface area contributed by atoms with Gasteiger partial charge < -0.3 is 9.64 Å². The Labute approximate surface area is 162 Å². The van der Waals surface area contributed by atoms with Crippen molar-refractivity contribution < 1.29 is 19.1 Å². The van der Waals surface area contributed by atoms with Gasteiger partial charge in [-0.2, -0.15) is 0 Å². The van der Waals surface area contributed by atoms with Crippen LogP contribution in [0.15, 0.2) is 48.7 Å². The highest BCUT2D eigenvalue weighted by molar-refractivity contribution is 6.22. The van der Waals surface area contributed by atoms with Gasteiger partial charge in [-0.1, -0.05) is 18.2 Å². The molecule has 1 fully saturated rings. The number of hydrogen-bond acceptors (Lipinski definition) is 5. The zero-order chi connectivity index (χ0) is 19.5. The van der Waals surface area contributed by atoms with Gasteiger partial charge in [-0.25, -0.2) is 0 Å². The third-order valence-electron chi connectivity index (χ3n) is 5.05. The van der Waals surface area contributed by atoms with Crippen LogP contribution in [-0.4, -0.2) is 58.3 Å². The number of carbonyl (C=O) groups excluding carboxylic acids is 3. The number of imide groups is 1. The standard InChI is InChI=1S/C21H21N3O4/c25-19(14-24-20(26)17-8-1-2-9-18(17)21(24)27)23(13-16-7-5-11-28-16)12-15-6-3-4-10-22-15/h1-4,6,8-10,16H,5,7,11-14H2/t16-/m0/s1. The maximum atomic E-state index is 13.0. The lowest BCUT2D eigenvalue weighted by atomic mass is 10.1. The fourth-order valence-corrected chi connectivity index (χ4v) is 3.59. The minimum atomic E-state index is -0.427. The van der Waals surface area contributed by atoms with Crippen LogP contribution in [0.5, 0.6) is 0 Å². The van der Waals surface area contributed by atoms with Crippen molar-refractivity contribution in [2.45, 2.75) is 25.5 Å². The van der Waals surface area contributed by atoms with E-state index in [0.29, 0.717) is 30.8 Å². The van der Waals surface area contributed by atoms with Crippen molar-refractivity contribution in [2.24, 2.45) is 0 Å². The number of rotatable bonds is 6. The number of nitrogens with zero attached hydrogens (tertiary/aromatic N) is 3. The number of benzene rings is 1. The Kier molecular flexibility index (Phi) is 5.16. The maximum absolute atomic E-state index is 13.0. The van der Waals surface area contributed by atoms with E-state index in [2.05, 4.69) is 4.98 Å². The van der Waals surface area contributed by atoms with Gasteiger partial charge in [-0.05, 0) is 37.1 Å². The molecule has 0 unspecified atom stereocenters. The summed E-state index contributed by atoms with van der Waals surface area (Å²) >= 11 is 0. The van der Waals surface area contributed by atoms with Crippen LogP contribution >= 0.6 is 0 Å². The molecule has 144 valence electrons. The van der Waals surface area contributed by atoms with Crippen molar-refractivity contribution in [1.29, 1.82) is 0 Å². The van der Waals surface area contributed by atoms with E-state index in [1.165, 1.54) is 0 Å². The molecule has 0 aliphatic carbocycles. The predicted octanol–water partition coefficient (Wildman–Crippen LogP) is 1.89. The molecule has 2 aliphatic heterocycles. The Morgan fingerprint density at radius 3 is 2.43 bits per heavy atom. The summed E-state index contributed by atoms with van der Waals surface area (Å²) in [5, 5.41) is 0. The van der Waals surface area contributed by atoms with Crippen molar-refractivity contribution in [3.8, 4) is 0 Å². The van der Waals surface area contributed by atoms with Crippen LogP contribution < -0.4 is 0 Å². The second-order valence-electron chi connectivity index (χ2n) is 6.97. The average Bonchev–Trinajstić information content (AvgIpc) is 3.31. The summed E-state index contributed by atoms with van der Waals surface area (Å²) in [6.07, 6.45) is 3.50. The molecule has 1 aromatic heterocycles. The first-order valence-corrected chi connectivity index (χ1v) is 9.38. The van der Waals surface area contributed by atoms with Crippen LogP contribution in [-0.2, 0) is 16.1 Å².